The van der Waals surface area contributed by atoms with Gasteiger partial charge in [-0.05, 0) is 0 Å². The van der Waals surface area contributed by atoms with Crippen molar-refractivity contribution in [2.24, 2.45) is 0 Å². The number of nitrogens with one attached hydrogen (secondary N) is 1. The van der Waals surface area contributed by atoms with Crippen LogP contribution < -0.4 is 5.32 Å². The molecule has 0 aromatic carbocycles. The van der Waals surface area contributed by atoms with Crippen LogP contribution in [0.2, 0.25) is 0 Å². The van der Waals surface area contributed by atoms with Crippen LogP contribution in [0, 0.1) is 0 Å². The summed E-state index contributed by atoms with van der Waals surface area (Å²) < 4.78 is 0. The van der Waals surface area contributed by atoms with E-state index in [4.69, 9.17) is 0 Å². The van der Waals surface area contributed by atoms with E-state index in [1.165, 1.54) is 6.33 Å². The van der Waals surface area contributed by atoms with Gasteiger partial charge in [0.15, 0.2) is 0 Å². The monoisotopic (exact) mass is 111 g/mol. The van der Waals surface area contributed by atoms with Crippen molar-refractivity contribution in [3.63, 3.8) is 0 Å². The van der Waals surface area contributed by atoms with Crippen molar-refractivity contribution in [2.45, 2.75) is 0 Å². The topological polar surface area (TPSA) is 37.8 Å². The first-order valence-electron chi connectivity index (χ1n) is 2.36. The Morgan fingerprint density at radius 2 is 2.12 bits per heavy atom. The summed E-state index contributed by atoms with van der Waals surface area (Å²) in [5, 5.41) is 2.90. The second-order valence-electron chi connectivity index (χ2n) is 1.38. The zero-order valence-corrected chi connectivity index (χ0v) is 4.63. The highest BCUT2D eigenvalue weighted by atomic mass is 14.9. The Balaban J connectivity index is 0.000000640. The van der Waals surface area contributed by atoms with E-state index in [0.717, 1.165) is 5.69 Å². The van der Waals surface area contributed by atoms with Crippen LogP contribution in [0.15, 0.2) is 18.7 Å². The van der Waals surface area contributed by atoms with Gasteiger partial charge in [-0.15, -0.1) is 0 Å². The Kier molecular flexibility index (Phi) is 1.42. The van der Waals surface area contributed by atoms with Crippen molar-refractivity contribution < 1.29 is 1.43 Å². The molecule has 0 radical (unpaired) electrons. The molecule has 1 heterocycles. The van der Waals surface area contributed by atoms with Gasteiger partial charge in [0.1, 0.15) is 6.33 Å². The molecule has 0 atom stereocenters. The fourth-order valence-corrected chi connectivity index (χ4v) is 0.428. The lowest BCUT2D eigenvalue weighted by Gasteiger charge is -1.92. The maximum absolute atomic E-state index is 3.78. The molecule has 0 saturated heterocycles. The first kappa shape index (κ1) is 5.03. The minimum Gasteiger partial charge on any atom is -0.386 e. The van der Waals surface area contributed by atoms with Gasteiger partial charge in [0.25, 0.3) is 0 Å². The molecule has 44 valence electrons. The van der Waals surface area contributed by atoms with Gasteiger partial charge in [-0.3, -0.25) is 0 Å². The molecule has 1 N–H and O–H groups in total. The number of hydrogen-bond donors (Lipinski definition) is 1. The van der Waals surface area contributed by atoms with Gasteiger partial charge in [0.05, 0.1) is 18.1 Å². The largest absolute Gasteiger partial charge is 0.386 e. The Hall–Kier alpha value is -1.12. The standard InChI is InChI=1S/C5H7N3.H2/c1-6-5-2-7-4-8-3-5;/h2-4,6H,1H3;1H. The third-order valence-corrected chi connectivity index (χ3v) is 0.849. The van der Waals surface area contributed by atoms with Crippen LogP contribution in [0.5, 0.6) is 0 Å². The molecule has 0 bridgehead atoms. The number of aromatic nitrogens is 2. The molecule has 0 saturated carbocycles. The third-order valence-electron chi connectivity index (χ3n) is 0.849. The van der Waals surface area contributed by atoms with Crippen LogP contribution in [0.1, 0.15) is 1.43 Å². The first-order valence-corrected chi connectivity index (χ1v) is 2.36. The molecule has 0 aliphatic carbocycles. The van der Waals surface area contributed by atoms with Crippen molar-refractivity contribution >= 4 is 5.69 Å². The van der Waals surface area contributed by atoms with Crippen LogP contribution in [-0.2, 0) is 0 Å². The third kappa shape index (κ3) is 0.932. The molecule has 1 rings (SSSR count). The van der Waals surface area contributed by atoms with Crippen molar-refractivity contribution in [3.8, 4) is 0 Å². The van der Waals surface area contributed by atoms with Gasteiger partial charge in [0.2, 0.25) is 0 Å². The van der Waals surface area contributed by atoms with Crippen LogP contribution >= 0.6 is 0 Å². The maximum Gasteiger partial charge on any atom is 0.115 e. The summed E-state index contributed by atoms with van der Waals surface area (Å²) in [6, 6.07) is 0. The van der Waals surface area contributed by atoms with E-state index in [1.807, 2.05) is 7.05 Å². The van der Waals surface area contributed by atoms with Gasteiger partial charge >= 0.3 is 0 Å². The van der Waals surface area contributed by atoms with Crippen molar-refractivity contribution in [2.75, 3.05) is 12.4 Å². The lowest BCUT2D eigenvalue weighted by atomic mass is 10.5. The van der Waals surface area contributed by atoms with Crippen molar-refractivity contribution in [3.05, 3.63) is 18.7 Å². The van der Waals surface area contributed by atoms with E-state index in [2.05, 4.69) is 15.3 Å². The van der Waals surface area contributed by atoms with Crippen LogP contribution in [0.25, 0.3) is 0 Å². The summed E-state index contributed by atoms with van der Waals surface area (Å²) in [5.74, 6) is 0. The van der Waals surface area contributed by atoms with Gasteiger partial charge in [-0.2, -0.15) is 0 Å². The summed E-state index contributed by atoms with van der Waals surface area (Å²) in [6.45, 7) is 0. The number of nitrogens with zero attached hydrogens (tertiary/aromatic N) is 2. The summed E-state index contributed by atoms with van der Waals surface area (Å²) in [4.78, 5) is 7.56. The lowest BCUT2D eigenvalue weighted by molar-refractivity contribution is 1.16. The zero-order valence-electron chi connectivity index (χ0n) is 4.63. The predicted molar refractivity (Wildman–Crippen MR) is 33.7 cm³/mol. The number of hydrogen-bond acceptors (Lipinski definition) is 3. The first-order chi connectivity index (χ1) is 3.93. The maximum atomic E-state index is 3.78. The molecule has 1 aromatic rings. The molecule has 8 heavy (non-hydrogen) atoms. The highest BCUT2D eigenvalue weighted by Crippen LogP contribution is 1.95. The van der Waals surface area contributed by atoms with Gasteiger partial charge in [-0.1, -0.05) is 0 Å². The SMILES string of the molecule is CNc1cncnc1.[HH]. The Bertz CT molecular complexity index is 154. The summed E-state index contributed by atoms with van der Waals surface area (Å²) >= 11 is 0. The van der Waals surface area contributed by atoms with Crippen molar-refractivity contribution in [1.82, 2.24) is 9.97 Å². The normalized spacial score (nSPS) is 8.62. The fraction of sp³-hybridized carbons (Fsp3) is 0.200. The molecule has 0 aliphatic rings. The molecule has 0 fully saturated rings. The van der Waals surface area contributed by atoms with Gasteiger partial charge < -0.3 is 5.32 Å². The molecular weight excluding hydrogens is 102 g/mol. The summed E-state index contributed by atoms with van der Waals surface area (Å²) in [7, 11) is 1.83. The quantitative estimate of drug-likeness (QED) is 0.581. The summed E-state index contributed by atoms with van der Waals surface area (Å²) in [6.07, 6.45) is 4.93. The Morgan fingerprint density at radius 3 is 2.50 bits per heavy atom. The van der Waals surface area contributed by atoms with Crippen LogP contribution in [0.4, 0.5) is 5.69 Å². The Morgan fingerprint density at radius 1 is 1.50 bits per heavy atom. The minimum absolute atomic E-state index is 0. The molecule has 0 aliphatic heterocycles. The van der Waals surface area contributed by atoms with E-state index in [0.29, 0.717) is 0 Å². The fourth-order valence-electron chi connectivity index (χ4n) is 0.428. The van der Waals surface area contributed by atoms with E-state index >= 15 is 0 Å². The average molecular weight is 111 g/mol. The number of anilines is 1. The number of rotatable bonds is 1. The van der Waals surface area contributed by atoms with E-state index in [9.17, 15) is 0 Å². The molecule has 1 aromatic heterocycles. The van der Waals surface area contributed by atoms with E-state index < -0.39 is 0 Å². The lowest BCUT2D eigenvalue weighted by Crippen LogP contribution is -1.88. The minimum atomic E-state index is 0. The molecule has 0 amide bonds. The molecular formula is C5H9N3. The zero-order chi connectivity index (χ0) is 5.82. The van der Waals surface area contributed by atoms with E-state index in [1.54, 1.807) is 12.4 Å². The predicted octanol–water partition coefficient (Wildman–Crippen LogP) is 0.764. The Labute approximate surface area is 49.3 Å². The second-order valence-corrected chi connectivity index (χ2v) is 1.38. The molecule has 0 unspecified atom stereocenters. The molecule has 3 nitrogen and oxygen atoms in total. The van der Waals surface area contributed by atoms with Crippen molar-refractivity contribution in [1.29, 1.82) is 0 Å². The van der Waals surface area contributed by atoms with Gasteiger partial charge in [-0.25, -0.2) is 9.97 Å². The van der Waals surface area contributed by atoms with Crippen LogP contribution in [0.3, 0.4) is 0 Å². The average Bonchev–Trinajstić information content (AvgIpc) is 1.90. The highest BCUT2D eigenvalue weighted by molar-refractivity contribution is 5.35. The van der Waals surface area contributed by atoms with Gasteiger partial charge in [0, 0.05) is 8.47 Å². The molecule has 0 spiro atoms. The second kappa shape index (κ2) is 2.26. The van der Waals surface area contributed by atoms with Crippen LogP contribution in [-0.4, -0.2) is 17.0 Å². The molecule has 3 heteroatoms. The summed E-state index contributed by atoms with van der Waals surface area (Å²) in [5.41, 5.74) is 0.938. The highest BCUT2D eigenvalue weighted by Gasteiger charge is 1.80. The smallest absolute Gasteiger partial charge is 0.115 e. The van der Waals surface area contributed by atoms with E-state index in [-0.39, 0.29) is 1.43 Å².